The lowest BCUT2D eigenvalue weighted by atomic mass is 10.0. The van der Waals surface area contributed by atoms with E-state index < -0.39 is 6.17 Å². The van der Waals surface area contributed by atoms with E-state index in [1.807, 2.05) is 21.7 Å². The van der Waals surface area contributed by atoms with Crippen LogP contribution >= 0.6 is 11.8 Å². The molecule has 0 unspecified atom stereocenters. The van der Waals surface area contributed by atoms with Gasteiger partial charge < -0.3 is 9.64 Å². The predicted octanol–water partition coefficient (Wildman–Crippen LogP) is 4.55. The summed E-state index contributed by atoms with van der Waals surface area (Å²) in [5.74, 6) is 0.698. The van der Waals surface area contributed by atoms with Crippen LogP contribution < -0.4 is 0 Å². The number of likely N-dealkylation sites (tertiary alicyclic amines) is 1. The first kappa shape index (κ1) is 22.8. The van der Waals surface area contributed by atoms with Crippen molar-refractivity contribution in [3.05, 3.63) is 65.4 Å². The fourth-order valence-electron chi connectivity index (χ4n) is 5.18. The molecule has 0 spiro atoms. The van der Waals surface area contributed by atoms with Crippen molar-refractivity contribution in [2.24, 2.45) is 0 Å². The number of alkyl halides is 1. The molecule has 2 fully saturated rings. The molecule has 6 nitrogen and oxygen atoms in total. The van der Waals surface area contributed by atoms with Gasteiger partial charge in [-0.05, 0) is 36.6 Å². The Morgan fingerprint density at radius 1 is 1.06 bits per heavy atom. The lowest BCUT2D eigenvalue weighted by Gasteiger charge is -2.28. The van der Waals surface area contributed by atoms with Crippen molar-refractivity contribution in [2.75, 3.05) is 39.4 Å². The number of amides is 1. The van der Waals surface area contributed by atoms with Crippen molar-refractivity contribution in [1.82, 2.24) is 19.6 Å². The number of benzene rings is 2. The van der Waals surface area contributed by atoms with Crippen LogP contribution in [0.25, 0.3) is 16.9 Å². The van der Waals surface area contributed by atoms with Gasteiger partial charge in [0.05, 0.1) is 24.6 Å². The zero-order chi connectivity index (χ0) is 23.8. The Morgan fingerprint density at radius 3 is 2.69 bits per heavy atom. The summed E-state index contributed by atoms with van der Waals surface area (Å²) in [4.78, 5) is 18.9. The van der Waals surface area contributed by atoms with E-state index in [0.717, 1.165) is 47.9 Å². The van der Waals surface area contributed by atoms with E-state index in [9.17, 15) is 9.18 Å². The molecule has 8 heteroatoms. The Kier molecular flexibility index (Phi) is 6.35. The molecule has 6 rings (SSSR count). The third-order valence-corrected chi connectivity index (χ3v) is 8.18. The number of hydrogen-bond donors (Lipinski definition) is 0. The highest BCUT2D eigenvalue weighted by molar-refractivity contribution is 7.98. The molecule has 2 saturated heterocycles. The van der Waals surface area contributed by atoms with Crippen LogP contribution in [0.3, 0.4) is 0 Å². The van der Waals surface area contributed by atoms with Crippen LogP contribution in [0.1, 0.15) is 34.5 Å². The van der Waals surface area contributed by atoms with Crippen LogP contribution in [0.2, 0.25) is 0 Å². The highest BCUT2D eigenvalue weighted by Crippen LogP contribution is 2.43. The van der Waals surface area contributed by atoms with Gasteiger partial charge in [-0.25, -0.2) is 9.07 Å². The second kappa shape index (κ2) is 9.76. The number of aromatic nitrogens is 2. The van der Waals surface area contributed by atoms with Crippen LogP contribution in [0, 0.1) is 0 Å². The number of morpholine rings is 1. The normalized spacial score (nSPS) is 18.8. The van der Waals surface area contributed by atoms with Gasteiger partial charge in [-0.2, -0.15) is 5.10 Å². The molecule has 1 aromatic heterocycles. The van der Waals surface area contributed by atoms with Crippen molar-refractivity contribution < 1.29 is 13.9 Å². The number of ether oxygens (including phenoxy) is 1. The molecule has 3 aliphatic heterocycles. The monoisotopic (exact) mass is 492 g/mol. The number of thioether (sulfide) groups is 1. The summed E-state index contributed by atoms with van der Waals surface area (Å²) >= 11 is 1.76. The van der Waals surface area contributed by atoms with Crippen molar-refractivity contribution >= 4 is 17.7 Å². The van der Waals surface area contributed by atoms with E-state index in [4.69, 9.17) is 9.84 Å². The second-order valence-electron chi connectivity index (χ2n) is 9.40. The molecule has 182 valence electrons. The molecule has 35 heavy (non-hydrogen) atoms. The lowest BCUT2D eigenvalue weighted by molar-refractivity contribution is 0.0298. The molecule has 0 atom stereocenters. The third kappa shape index (κ3) is 4.50. The molecule has 3 aliphatic rings. The van der Waals surface area contributed by atoms with E-state index in [1.165, 1.54) is 10.5 Å². The van der Waals surface area contributed by atoms with Crippen LogP contribution in [-0.4, -0.2) is 71.1 Å². The van der Waals surface area contributed by atoms with E-state index in [2.05, 4.69) is 41.3 Å². The van der Waals surface area contributed by atoms with E-state index >= 15 is 0 Å². The summed E-state index contributed by atoms with van der Waals surface area (Å²) in [5.41, 5.74) is 5.78. The standard InChI is InChI=1S/C27H29FN4O2S/c28-20-8-10-30(11-9-20)17-19-4-3-5-21(16-19)32-26-22-6-1-2-7-24(22)35-18-23(26)25(29-32)27(33)31-12-14-34-15-13-31/h1-7,16,20H,8-15,17-18H2. The average molecular weight is 493 g/mol. The first-order chi connectivity index (χ1) is 17.2. The summed E-state index contributed by atoms with van der Waals surface area (Å²) in [6.45, 7) is 4.67. The minimum atomic E-state index is -0.673. The minimum absolute atomic E-state index is 0.0199. The number of piperidine rings is 1. The third-order valence-electron chi connectivity index (χ3n) is 7.08. The highest BCUT2D eigenvalue weighted by Gasteiger charge is 2.32. The van der Waals surface area contributed by atoms with Gasteiger partial charge in [-0.3, -0.25) is 9.69 Å². The smallest absolute Gasteiger partial charge is 0.274 e. The molecule has 0 radical (unpaired) electrons. The van der Waals surface area contributed by atoms with E-state index in [-0.39, 0.29) is 5.91 Å². The van der Waals surface area contributed by atoms with Crippen LogP contribution in [-0.2, 0) is 17.0 Å². The molecule has 0 N–H and O–H groups in total. The van der Waals surface area contributed by atoms with E-state index in [0.29, 0.717) is 44.8 Å². The van der Waals surface area contributed by atoms with Gasteiger partial charge in [0.25, 0.3) is 5.91 Å². The summed E-state index contributed by atoms with van der Waals surface area (Å²) in [6, 6.07) is 16.7. The number of carbonyl (C=O) groups is 1. The number of fused-ring (bicyclic) bond motifs is 3. The van der Waals surface area contributed by atoms with Crippen molar-refractivity contribution in [1.29, 1.82) is 0 Å². The number of nitrogens with zero attached hydrogens (tertiary/aromatic N) is 4. The molecule has 1 amide bonds. The zero-order valence-electron chi connectivity index (χ0n) is 19.7. The predicted molar refractivity (Wildman–Crippen MR) is 135 cm³/mol. The maximum atomic E-state index is 13.6. The van der Waals surface area contributed by atoms with Crippen molar-refractivity contribution in [3.63, 3.8) is 0 Å². The van der Waals surface area contributed by atoms with Crippen molar-refractivity contribution in [3.8, 4) is 16.9 Å². The molecule has 0 aliphatic carbocycles. The Labute approximate surface area is 209 Å². The molecule has 0 bridgehead atoms. The number of hydrogen-bond acceptors (Lipinski definition) is 5. The molecular weight excluding hydrogens is 463 g/mol. The Morgan fingerprint density at radius 2 is 1.86 bits per heavy atom. The molecule has 3 aromatic rings. The van der Waals surface area contributed by atoms with Crippen LogP contribution in [0.4, 0.5) is 4.39 Å². The Hall–Kier alpha value is -2.68. The fourth-order valence-corrected chi connectivity index (χ4v) is 6.25. The second-order valence-corrected chi connectivity index (χ2v) is 10.4. The summed E-state index contributed by atoms with van der Waals surface area (Å²) < 4.78 is 21.0. The van der Waals surface area contributed by atoms with Gasteiger partial charge in [0.2, 0.25) is 0 Å². The van der Waals surface area contributed by atoms with Gasteiger partial charge in [-0.1, -0.05) is 30.3 Å². The number of carbonyl (C=O) groups excluding carboxylic acids is 1. The Balaban J connectivity index is 1.39. The lowest BCUT2D eigenvalue weighted by Crippen LogP contribution is -2.41. The number of rotatable bonds is 4. The molecule has 4 heterocycles. The maximum Gasteiger partial charge on any atom is 0.274 e. The number of halogens is 1. The average Bonchev–Trinajstić information content (AvgIpc) is 3.31. The summed E-state index contributed by atoms with van der Waals surface area (Å²) in [7, 11) is 0. The fraction of sp³-hybridized carbons (Fsp3) is 0.407. The van der Waals surface area contributed by atoms with Gasteiger partial charge >= 0.3 is 0 Å². The van der Waals surface area contributed by atoms with E-state index in [1.54, 1.807) is 11.8 Å². The topological polar surface area (TPSA) is 50.6 Å². The van der Waals surface area contributed by atoms with Gasteiger partial charge in [0.1, 0.15) is 6.17 Å². The van der Waals surface area contributed by atoms with Crippen molar-refractivity contribution in [2.45, 2.75) is 36.2 Å². The van der Waals surface area contributed by atoms with Gasteiger partial charge in [0.15, 0.2) is 5.69 Å². The highest BCUT2D eigenvalue weighted by atomic mass is 32.2. The first-order valence-corrected chi connectivity index (χ1v) is 13.3. The van der Waals surface area contributed by atoms with Crippen LogP contribution in [0.5, 0.6) is 0 Å². The zero-order valence-corrected chi connectivity index (χ0v) is 20.5. The quantitative estimate of drug-likeness (QED) is 0.535. The first-order valence-electron chi connectivity index (χ1n) is 12.3. The molecular formula is C27H29FN4O2S. The SMILES string of the molecule is O=C(c1nn(-c2cccc(CN3CCC(F)CC3)c2)c2c1CSc1ccccc1-2)N1CCOCC1. The largest absolute Gasteiger partial charge is 0.378 e. The van der Waals surface area contributed by atoms with Crippen LogP contribution in [0.15, 0.2) is 53.4 Å². The Bertz CT molecular complexity index is 1230. The van der Waals surface area contributed by atoms with Gasteiger partial charge in [0, 0.05) is 54.5 Å². The minimum Gasteiger partial charge on any atom is -0.378 e. The summed E-state index contributed by atoms with van der Waals surface area (Å²) in [5, 5.41) is 4.94. The molecule has 0 saturated carbocycles. The maximum absolute atomic E-state index is 13.6. The van der Waals surface area contributed by atoms with Gasteiger partial charge in [-0.15, -0.1) is 11.8 Å². The summed E-state index contributed by atoms with van der Waals surface area (Å²) in [6.07, 6.45) is 0.537. The molecule has 2 aromatic carbocycles.